The smallest absolute Gasteiger partial charge is 0.354 e. The monoisotopic (exact) mass is 290 g/mol. The van der Waals surface area contributed by atoms with Gasteiger partial charge < -0.3 is 10.4 Å². The third-order valence-corrected chi connectivity index (χ3v) is 2.82. The van der Waals surface area contributed by atoms with Crippen LogP contribution in [0, 0.1) is 0 Å². The van der Waals surface area contributed by atoms with Crippen LogP contribution in [0.5, 0.6) is 0 Å². The van der Waals surface area contributed by atoms with Gasteiger partial charge >= 0.3 is 5.97 Å². The van der Waals surface area contributed by atoms with Gasteiger partial charge in [0, 0.05) is 17.8 Å². The summed E-state index contributed by atoms with van der Waals surface area (Å²) in [4.78, 5) is 26.2. The van der Waals surface area contributed by atoms with E-state index in [0.29, 0.717) is 17.1 Å². The van der Waals surface area contributed by atoms with E-state index < -0.39 is 5.97 Å². The molecule has 0 spiro atoms. The Bertz CT molecular complexity index is 641. The number of pyridine rings is 1. The highest BCUT2D eigenvalue weighted by Gasteiger charge is 2.08. The average Bonchev–Trinajstić information content (AvgIpc) is 2.45. The Morgan fingerprint density at radius 2 is 2.05 bits per heavy atom. The van der Waals surface area contributed by atoms with E-state index in [9.17, 15) is 9.59 Å². The van der Waals surface area contributed by atoms with Gasteiger partial charge in [-0.05, 0) is 29.8 Å². The molecule has 2 aromatic rings. The zero-order chi connectivity index (χ0) is 14.5. The predicted molar refractivity (Wildman–Crippen MR) is 73.8 cm³/mol. The standard InChI is InChI=1S/C14H11ClN2O3/c15-11-3-1-2-9(6-11)7-17-13(18)10-4-5-12(14(19)20)16-8-10/h1-6,8H,7H2,(H,17,18)(H,19,20). The van der Waals surface area contributed by atoms with Crippen LogP contribution in [0.25, 0.3) is 0 Å². The van der Waals surface area contributed by atoms with Gasteiger partial charge in [-0.25, -0.2) is 9.78 Å². The number of aromatic carboxylic acids is 1. The minimum atomic E-state index is -1.13. The van der Waals surface area contributed by atoms with E-state index in [1.54, 1.807) is 18.2 Å². The Labute approximate surface area is 120 Å². The molecule has 0 aliphatic rings. The lowest BCUT2D eigenvalue weighted by Crippen LogP contribution is -2.23. The molecular weight excluding hydrogens is 280 g/mol. The highest BCUT2D eigenvalue weighted by molar-refractivity contribution is 6.30. The summed E-state index contributed by atoms with van der Waals surface area (Å²) in [6, 6.07) is 9.86. The third kappa shape index (κ3) is 3.55. The lowest BCUT2D eigenvalue weighted by atomic mass is 10.2. The summed E-state index contributed by atoms with van der Waals surface area (Å²) in [6.07, 6.45) is 1.23. The Morgan fingerprint density at radius 1 is 1.25 bits per heavy atom. The number of hydrogen-bond acceptors (Lipinski definition) is 3. The summed E-state index contributed by atoms with van der Waals surface area (Å²) in [6.45, 7) is 0.333. The largest absolute Gasteiger partial charge is 0.477 e. The van der Waals surface area contributed by atoms with Crippen LogP contribution in [0.3, 0.4) is 0 Å². The summed E-state index contributed by atoms with van der Waals surface area (Å²) in [7, 11) is 0. The molecule has 6 heteroatoms. The van der Waals surface area contributed by atoms with Crippen LogP contribution < -0.4 is 5.32 Å². The van der Waals surface area contributed by atoms with Crippen LogP contribution in [0.4, 0.5) is 0 Å². The van der Waals surface area contributed by atoms with Crippen LogP contribution in [0.2, 0.25) is 5.02 Å². The lowest BCUT2D eigenvalue weighted by Gasteiger charge is -2.05. The topological polar surface area (TPSA) is 79.3 Å². The second kappa shape index (κ2) is 6.16. The normalized spacial score (nSPS) is 10.1. The van der Waals surface area contributed by atoms with E-state index in [4.69, 9.17) is 16.7 Å². The van der Waals surface area contributed by atoms with Gasteiger partial charge in [-0.3, -0.25) is 4.79 Å². The molecule has 1 aromatic heterocycles. The van der Waals surface area contributed by atoms with Gasteiger partial charge in [-0.1, -0.05) is 23.7 Å². The maximum atomic E-state index is 11.9. The van der Waals surface area contributed by atoms with Gasteiger partial charge in [-0.15, -0.1) is 0 Å². The number of carboxylic acids is 1. The van der Waals surface area contributed by atoms with Crippen molar-refractivity contribution in [2.75, 3.05) is 0 Å². The molecule has 0 saturated carbocycles. The Hall–Kier alpha value is -2.40. The summed E-state index contributed by atoms with van der Waals surface area (Å²) in [5, 5.41) is 12.0. The maximum absolute atomic E-state index is 11.9. The van der Waals surface area contributed by atoms with Crippen molar-refractivity contribution < 1.29 is 14.7 Å². The van der Waals surface area contributed by atoms with Gasteiger partial charge in [0.15, 0.2) is 0 Å². The molecule has 2 N–H and O–H groups in total. The fraction of sp³-hybridized carbons (Fsp3) is 0.0714. The molecule has 0 unspecified atom stereocenters. The molecule has 0 saturated heterocycles. The molecule has 1 aromatic carbocycles. The van der Waals surface area contributed by atoms with Crippen LogP contribution in [-0.4, -0.2) is 22.0 Å². The molecule has 2 rings (SSSR count). The molecule has 102 valence electrons. The van der Waals surface area contributed by atoms with Crippen molar-refractivity contribution in [3.05, 3.63) is 64.4 Å². The highest BCUT2D eigenvalue weighted by Crippen LogP contribution is 2.10. The second-order valence-corrected chi connectivity index (χ2v) is 4.49. The number of aromatic nitrogens is 1. The van der Waals surface area contributed by atoms with Gasteiger partial charge in [0.05, 0.1) is 5.56 Å². The third-order valence-electron chi connectivity index (χ3n) is 2.59. The van der Waals surface area contributed by atoms with Crippen molar-refractivity contribution >= 4 is 23.5 Å². The predicted octanol–water partition coefficient (Wildman–Crippen LogP) is 2.36. The summed E-state index contributed by atoms with van der Waals surface area (Å²) in [5.74, 6) is -1.45. The van der Waals surface area contributed by atoms with Gasteiger partial charge in [-0.2, -0.15) is 0 Å². The molecule has 0 atom stereocenters. The fourth-order valence-corrected chi connectivity index (χ4v) is 1.80. The molecule has 1 heterocycles. The van der Waals surface area contributed by atoms with Crippen molar-refractivity contribution in [3.63, 3.8) is 0 Å². The first kappa shape index (κ1) is 14.0. The molecule has 0 aliphatic carbocycles. The molecule has 20 heavy (non-hydrogen) atoms. The summed E-state index contributed by atoms with van der Waals surface area (Å²) >= 11 is 5.85. The van der Waals surface area contributed by atoms with E-state index in [0.717, 1.165) is 5.56 Å². The highest BCUT2D eigenvalue weighted by atomic mass is 35.5. The van der Waals surface area contributed by atoms with E-state index >= 15 is 0 Å². The van der Waals surface area contributed by atoms with Crippen LogP contribution in [-0.2, 0) is 6.54 Å². The first-order valence-corrected chi connectivity index (χ1v) is 6.16. The number of nitrogens with zero attached hydrogens (tertiary/aromatic N) is 1. The van der Waals surface area contributed by atoms with Crippen molar-refractivity contribution in [1.29, 1.82) is 0 Å². The van der Waals surface area contributed by atoms with Crippen molar-refractivity contribution in [2.45, 2.75) is 6.54 Å². The Kier molecular flexibility index (Phi) is 4.32. The molecule has 0 aliphatic heterocycles. The molecule has 0 bridgehead atoms. The van der Waals surface area contributed by atoms with Gasteiger partial charge in [0.25, 0.3) is 5.91 Å². The number of rotatable bonds is 4. The number of hydrogen-bond donors (Lipinski definition) is 2. The Balaban J connectivity index is 1.99. The van der Waals surface area contributed by atoms with E-state index in [1.165, 1.54) is 18.3 Å². The number of benzene rings is 1. The first-order valence-electron chi connectivity index (χ1n) is 5.78. The SMILES string of the molecule is O=C(NCc1cccc(Cl)c1)c1ccc(C(=O)O)nc1. The van der Waals surface area contributed by atoms with Crippen LogP contribution >= 0.6 is 11.6 Å². The number of carboxylic acid groups (broad SMARTS) is 1. The number of halogens is 1. The van der Waals surface area contributed by atoms with E-state index in [2.05, 4.69) is 10.3 Å². The molecular formula is C14H11ClN2O3. The van der Waals surface area contributed by atoms with Gasteiger partial charge in [0.2, 0.25) is 0 Å². The molecule has 0 radical (unpaired) electrons. The second-order valence-electron chi connectivity index (χ2n) is 4.05. The quantitative estimate of drug-likeness (QED) is 0.906. The Morgan fingerprint density at radius 3 is 2.65 bits per heavy atom. The van der Waals surface area contributed by atoms with Crippen LogP contribution in [0.1, 0.15) is 26.4 Å². The maximum Gasteiger partial charge on any atom is 0.354 e. The number of amides is 1. The van der Waals surface area contributed by atoms with E-state index in [1.807, 2.05) is 6.07 Å². The lowest BCUT2D eigenvalue weighted by molar-refractivity contribution is 0.0689. The fourth-order valence-electron chi connectivity index (χ4n) is 1.59. The van der Waals surface area contributed by atoms with Crippen LogP contribution in [0.15, 0.2) is 42.6 Å². The minimum Gasteiger partial charge on any atom is -0.477 e. The first-order chi connectivity index (χ1) is 9.56. The summed E-state index contributed by atoms with van der Waals surface area (Å²) in [5.41, 5.74) is 1.08. The molecule has 5 nitrogen and oxygen atoms in total. The number of carbonyl (C=O) groups excluding carboxylic acids is 1. The average molecular weight is 291 g/mol. The number of nitrogens with one attached hydrogen (secondary N) is 1. The zero-order valence-electron chi connectivity index (χ0n) is 10.3. The minimum absolute atomic E-state index is 0.101. The molecule has 1 amide bonds. The number of carbonyl (C=O) groups is 2. The van der Waals surface area contributed by atoms with Gasteiger partial charge in [0.1, 0.15) is 5.69 Å². The summed E-state index contributed by atoms with van der Waals surface area (Å²) < 4.78 is 0. The van der Waals surface area contributed by atoms with Crippen molar-refractivity contribution in [1.82, 2.24) is 10.3 Å². The van der Waals surface area contributed by atoms with E-state index in [-0.39, 0.29) is 11.6 Å². The molecule has 0 fully saturated rings. The zero-order valence-corrected chi connectivity index (χ0v) is 11.1. The van der Waals surface area contributed by atoms with Crippen molar-refractivity contribution in [3.8, 4) is 0 Å². The van der Waals surface area contributed by atoms with Crippen molar-refractivity contribution in [2.24, 2.45) is 0 Å².